The molecule has 182 valence electrons. The van der Waals surface area contributed by atoms with E-state index in [0.717, 1.165) is 56.2 Å². The molecule has 33 heavy (non-hydrogen) atoms. The van der Waals surface area contributed by atoms with Crippen LogP contribution < -0.4 is 15.4 Å². The van der Waals surface area contributed by atoms with E-state index in [1.54, 1.807) is 13.4 Å². The van der Waals surface area contributed by atoms with Crippen LogP contribution >= 0.6 is 24.0 Å². The highest BCUT2D eigenvalue weighted by Crippen LogP contribution is 2.33. The molecule has 2 fully saturated rings. The quantitative estimate of drug-likeness (QED) is 0.272. The maximum Gasteiger partial charge on any atom is 0.191 e. The zero-order chi connectivity index (χ0) is 22.1. The summed E-state index contributed by atoms with van der Waals surface area (Å²) in [6.45, 7) is 3.97. The number of rotatable bonds is 9. The molecule has 1 spiro atoms. The Kier molecular flexibility index (Phi) is 10.3. The van der Waals surface area contributed by atoms with E-state index in [1.807, 2.05) is 24.3 Å². The van der Waals surface area contributed by atoms with Gasteiger partial charge in [-0.1, -0.05) is 12.1 Å². The third kappa shape index (κ3) is 7.87. The molecule has 0 aliphatic carbocycles. The third-order valence-corrected chi connectivity index (χ3v) is 5.73. The fraction of sp³-hybridized carbons (Fsp3) is 0.542. The van der Waals surface area contributed by atoms with Gasteiger partial charge in [-0.05, 0) is 36.2 Å². The molecule has 0 amide bonds. The molecule has 1 atom stereocenters. The van der Waals surface area contributed by atoms with Gasteiger partial charge in [0.2, 0.25) is 0 Å². The van der Waals surface area contributed by atoms with Crippen LogP contribution in [0.25, 0.3) is 0 Å². The average Bonchev–Trinajstić information content (AvgIpc) is 3.48. The van der Waals surface area contributed by atoms with Crippen molar-refractivity contribution in [3.8, 4) is 5.75 Å². The number of methoxy groups -OCH3 is 1. The second kappa shape index (κ2) is 13.2. The minimum Gasteiger partial charge on any atom is -0.497 e. The van der Waals surface area contributed by atoms with Crippen molar-refractivity contribution in [1.29, 1.82) is 0 Å². The summed E-state index contributed by atoms with van der Waals surface area (Å²) in [5, 5.41) is 6.83. The number of halogens is 1. The van der Waals surface area contributed by atoms with E-state index in [0.29, 0.717) is 26.4 Å². The number of aliphatic imine (C=N–C) groups is 1. The molecule has 2 aliphatic rings. The summed E-state index contributed by atoms with van der Waals surface area (Å²) in [4.78, 5) is 4.77. The first-order valence-electron chi connectivity index (χ1n) is 11.3. The molecule has 4 rings (SSSR count). The molecule has 2 saturated heterocycles. The fourth-order valence-electron chi connectivity index (χ4n) is 3.89. The number of guanidine groups is 1. The number of nitrogens with zero attached hydrogens (tertiary/aromatic N) is 1. The summed E-state index contributed by atoms with van der Waals surface area (Å²) < 4.78 is 28.3. The molecule has 1 aromatic carbocycles. The van der Waals surface area contributed by atoms with Crippen LogP contribution in [0.3, 0.4) is 0 Å². The van der Waals surface area contributed by atoms with Crippen LogP contribution in [0.2, 0.25) is 0 Å². The molecule has 0 saturated carbocycles. The Bertz CT molecular complexity index is 838. The standard InChI is InChI=1S/C24H33N3O5.HI/c1-28-20-6-4-19(5-7-20)8-12-25-23(26-13-9-21-3-2-14-30-21)27-17-22-18-31-24(32-22)10-15-29-16-11-24;/h2-7,14,22H,8-13,15-18H2,1H3,(H2,25,26,27);1H. The molecule has 2 aromatic rings. The van der Waals surface area contributed by atoms with Gasteiger partial charge in [0.1, 0.15) is 17.6 Å². The van der Waals surface area contributed by atoms with Crippen LogP contribution in [0, 0.1) is 0 Å². The normalized spacial score (nSPS) is 19.8. The average molecular weight is 571 g/mol. The van der Waals surface area contributed by atoms with Gasteiger partial charge in [0.25, 0.3) is 0 Å². The molecule has 1 unspecified atom stereocenters. The Morgan fingerprint density at radius 1 is 1.09 bits per heavy atom. The number of benzene rings is 1. The molecule has 2 N–H and O–H groups in total. The maximum atomic E-state index is 6.21. The number of furan rings is 1. The summed E-state index contributed by atoms with van der Waals surface area (Å²) in [6, 6.07) is 12.0. The van der Waals surface area contributed by atoms with Crippen molar-refractivity contribution in [2.75, 3.05) is 46.6 Å². The van der Waals surface area contributed by atoms with Crippen molar-refractivity contribution in [3.63, 3.8) is 0 Å². The zero-order valence-electron chi connectivity index (χ0n) is 19.1. The van der Waals surface area contributed by atoms with Crippen molar-refractivity contribution in [2.45, 2.75) is 37.6 Å². The van der Waals surface area contributed by atoms with Gasteiger partial charge in [0.15, 0.2) is 11.7 Å². The van der Waals surface area contributed by atoms with Crippen molar-refractivity contribution in [1.82, 2.24) is 10.6 Å². The molecule has 1 aromatic heterocycles. The van der Waals surface area contributed by atoms with Crippen molar-refractivity contribution in [2.24, 2.45) is 4.99 Å². The minimum absolute atomic E-state index is 0. The molecule has 2 aliphatic heterocycles. The zero-order valence-corrected chi connectivity index (χ0v) is 21.4. The van der Waals surface area contributed by atoms with E-state index in [9.17, 15) is 0 Å². The largest absolute Gasteiger partial charge is 0.497 e. The Hall–Kier alpha value is -1.82. The number of hydrogen-bond acceptors (Lipinski definition) is 6. The van der Waals surface area contributed by atoms with E-state index >= 15 is 0 Å². The summed E-state index contributed by atoms with van der Waals surface area (Å²) in [6.07, 6.45) is 4.88. The Labute approximate surface area is 212 Å². The number of ether oxygens (including phenoxy) is 4. The van der Waals surface area contributed by atoms with Gasteiger partial charge in [0, 0.05) is 32.4 Å². The van der Waals surface area contributed by atoms with Gasteiger partial charge < -0.3 is 34.0 Å². The lowest BCUT2D eigenvalue weighted by Gasteiger charge is -2.31. The Balaban J connectivity index is 0.00000306. The van der Waals surface area contributed by atoms with Gasteiger partial charge in [-0.2, -0.15) is 0 Å². The lowest BCUT2D eigenvalue weighted by molar-refractivity contribution is -0.210. The van der Waals surface area contributed by atoms with Crippen LogP contribution in [-0.2, 0) is 27.1 Å². The first kappa shape index (κ1) is 25.8. The highest BCUT2D eigenvalue weighted by atomic mass is 127. The lowest BCUT2D eigenvalue weighted by atomic mass is 10.1. The molecule has 0 radical (unpaired) electrons. The topological polar surface area (TPSA) is 86.5 Å². The SMILES string of the molecule is COc1ccc(CCNC(=NCC2COC3(CCOCC3)O2)NCCc2ccco2)cc1.I. The number of nitrogens with one attached hydrogen (secondary N) is 2. The molecule has 3 heterocycles. The third-order valence-electron chi connectivity index (χ3n) is 5.73. The van der Waals surface area contributed by atoms with Crippen LogP contribution in [0.4, 0.5) is 0 Å². The highest BCUT2D eigenvalue weighted by Gasteiger charge is 2.42. The first-order chi connectivity index (χ1) is 15.7. The summed E-state index contributed by atoms with van der Waals surface area (Å²) in [7, 11) is 1.68. The van der Waals surface area contributed by atoms with E-state index in [-0.39, 0.29) is 30.1 Å². The smallest absolute Gasteiger partial charge is 0.191 e. The van der Waals surface area contributed by atoms with Crippen molar-refractivity contribution < 1.29 is 23.4 Å². The van der Waals surface area contributed by atoms with E-state index < -0.39 is 5.79 Å². The van der Waals surface area contributed by atoms with E-state index in [4.69, 9.17) is 28.4 Å². The van der Waals surface area contributed by atoms with Crippen LogP contribution in [0.5, 0.6) is 5.75 Å². The molecule has 9 heteroatoms. The van der Waals surface area contributed by atoms with Gasteiger partial charge in [-0.3, -0.25) is 4.99 Å². The van der Waals surface area contributed by atoms with Crippen LogP contribution in [-0.4, -0.2) is 64.4 Å². The van der Waals surface area contributed by atoms with Crippen molar-refractivity contribution >= 4 is 29.9 Å². The predicted molar refractivity (Wildman–Crippen MR) is 136 cm³/mol. The van der Waals surface area contributed by atoms with Gasteiger partial charge in [-0.15, -0.1) is 24.0 Å². The molecule has 8 nitrogen and oxygen atoms in total. The van der Waals surface area contributed by atoms with E-state index in [1.165, 1.54) is 5.56 Å². The Morgan fingerprint density at radius 2 is 1.85 bits per heavy atom. The van der Waals surface area contributed by atoms with Crippen LogP contribution in [0.1, 0.15) is 24.2 Å². The van der Waals surface area contributed by atoms with Gasteiger partial charge in [-0.25, -0.2) is 0 Å². The predicted octanol–water partition coefficient (Wildman–Crippen LogP) is 3.15. The fourth-order valence-corrected chi connectivity index (χ4v) is 3.89. The van der Waals surface area contributed by atoms with Crippen molar-refractivity contribution in [3.05, 3.63) is 54.0 Å². The highest BCUT2D eigenvalue weighted by molar-refractivity contribution is 14.0. The summed E-state index contributed by atoms with van der Waals surface area (Å²) in [5.74, 6) is 2.10. The van der Waals surface area contributed by atoms with Gasteiger partial charge in [0.05, 0.1) is 39.7 Å². The van der Waals surface area contributed by atoms with Crippen LogP contribution in [0.15, 0.2) is 52.1 Å². The minimum atomic E-state index is -0.479. The molecular formula is C24H34IN3O5. The molecule has 0 bridgehead atoms. The lowest BCUT2D eigenvalue weighted by Crippen LogP contribution is -2.40. The second-order valence-electron chi connectivity index (χ2n) is 8.04. The van der Waals surface area contributed by atoms with Gasteiger partial charge >= 0.3 is 0 Å². The summed E-state index contributed by atoms with van der Waals surface area (Å²) in [5.41, 5.74) is 1.24. The number of hydrogen-bond donors (Lipinski definition) is 2. The second-order valence-corrected chi connectivity index (χ2v) is 8.04. The molecular weight excluding hydrogens is 537 g/mol. The first-order valence-corrected chi connectivity index (χ1v) is 11.3. The summed E-state index contributed by atoms with van der Waals surface area (Å²) >= 11 is 0. The van der Waals surface area contributed by atoms with E-state index in [2.05, 4.69) is 22.8 Å². The Morgan fingerprint density at radius 3 is 2.55 bits per heavy atom. The monoisotopic (exact) mass is 571 g/mol. The maximum absolute atomic E-state index is 6.21.